The van der Waals surface area contributed by atoms with Gasteiger partial charge in [-0.2, -0.15) is 0 Å². The van der Waals surface area contributed by atoms with Gasteiger partial charge in [0, 0.05) is 15.2 Å². The molecule has 40 heavy (non-hydrogen) atoms. The molecule has 5 aromatic carbocycles. The topological polar surface area (TPSA) is 47.7 Å². The largest absolute Gasteiger partial charge is 0.300 e. The van der Waals surface area contributed by atoms with E-state index in [1.54, 1.807) is 12.2 Å². The molecular formula is C37H30N2S. The van der Waals surface area contributed by atoms with Gasteiger partial charge in [-0.15, -0.1) is 0 Å². The van der Waals surface area contributed by atoms with Gasteiger partial charge in [0.25, 0.3) is 0 Å². The molecule has 0 saturated carbocycles. The number of nitrogens with one attached hydrogen (secondary N) is 2. The molecule has 0 aromatic heterocycles. The van der Waals surface area contributed by atoms with Crippen molar-refractivity contribution in [3.05, 3.63) is 156 Å². The highest BCUT2D eigenvalue weighted by Gasteiger charge is 2.32. The van der Waals surface area contributed by atoms with Crippen LogP contribution < -0.4 is 0 Å². The maximum absolute atomic E-state index is 8.61. The molecular weight excluding hydrogens is 504 g/mol. The molecule has 1 aliphatic rings. The van der Waals surface area contributed by atoms with Gasteiger partial charge in [0.15, 0.2) is 0 Å². The van der Waals surface area contributed by atoms with Crippen molar-refractivity contribution in [3.8, 4) is 22.3 Å². The van der Waals surface area contributed by atoms with E-state index in [-0.39, 0.29) is 5.41 Å². The molecule has 0 radical (unpaired) electrons. The lowest BCUT2D eigenvalue weighted by Crippen LogP contribution is -2.23. The highest BCUT2D eigenvalue weighted by Crippen LogP contribution is 2.49. The molecule has 0 aliphatic carbocycles. The highest BCUT2D eigenvalue weighted by molar-refractivity contribution is 7.99. The normalized spacial score (nSPS) is 13.4. The van der Waals surface area contributed by atoms with Gasteiger partial charge in [0.05, 0.1) is 11.4 Å². The summed E-state index contributed by atoms with van der Waals surface area (Å²) in [6.45, 7) is 4.63. The highest BCUT2D eigenvalue weighted by atomic mass is 32.2. The fraction of sp³-hybridized carbons (Fsp3) is 0.0811. The van der Waals surface area contributed by atoms with E-state index in [4.69, 9.17) is 10.8 Å². The van der Waals surface area contributed by atoms with Crippen molar-refractivity contribution >= 4 is 23.2 Å². The Morgan fingerprint density at radius 2 is 1.07 bits per heavy atom. The fourth-order valence-corrected chi connectivity index (χ4v) is 6.80. The molecule has 0 spiro atoms. The molecule has 0 unspecified atom stereocenters. The lowest BCUT2D eigenvalue weighted by molar-refractivity contribution is 0.607. The number of rotatable bonds is 6. The number of hydrogen-bond acceptors (Lipinski definition) is 3. The van der Waals surface area contributed by atoms with Gasteiger partial charge in [0.1, 0.15) is 0 Å². The molecule has 0 bridgehead atoms. The Labute approximate surface area is 240 Å². The van der Waals surface area contributed by atoms with Crippen LogP contribution in [0.15, 0.2) is 143 Å². The van der Waals surface area contributed by atoms with Crippen molar-refractivity contribution in [2.45, 2.75) is 29.1 Å². The van der Waals surface area contributed by atoms with Crippen LogP contribution in [0.1, 0.15) is 36.1 Å². The molecule has 0 amide bonds. The average Bonchev–Trinajstić information content (AvgIpc) is 3.00. The van der Waals surface area contributed by atoms with Gasteiger partial charge in [-0.05, 0) is 80.9 Å². The summed E-state index contributed by atoms with van der Waals surface area (Å²) in [7, 11) is 0. The third-order valence-corrected chi connectivity index (χ3v) is 8.77. The maximum Gasteiger partial charge on any atom is 0.0613 e. The predicted molar refractivity (Wildman–Crippen MR) is 169 cm³/mol. The van der Waals surface area contributed by atoms with Crippen LogP contribution in [0.3, 0.4) is 0 Å². The summed E-state index contributed by atoms with van der Waals surface area (Å²) in [5.74, 6) is 0. The number of benzene rings is 5. The Hall–Kier alpha value is -4.47. The lowest BCUT2D eigenvalue weighted by atomic mass is 9.77. The number of allylic oxidation sites excluding steroid dienone is 2. The minimum atomic E-state index is -0.0313. The van der Waals surface area contributed by atoms with E-state index in [0.717, 1.165) is 22.3 Å². The van der Waals surface area contributed by atoms with E-state index >= 15 is 0 Å². The monoisotopic (exact) mass is 534 g/mol. The van der Waals surface area contributed by atoms with E-state index in [1.807, 2.05) is 54.2 Å². The Balaban J connectivity index is 1.27. The quantitative estimate of drug-likeness (QED) is 0.209. The van der Waals surface area contributed by atoms with Crippen molar-refractivity contribution in [2.75, 3.05) is 0 Å². The zero-order valence-electron chi connectivity index (χ0n) is 22.6. The van der Waals surface area contributed by atoms with Gasteiger partial charge in [-0.1, -0.05) is 123 Å². The van der Waals surface area contributed by atoms with Gasteiger partial charge in [-0.3, -0.25) is 0 Å². The summed E-state index contributed by atoms with van der Waals surface area (Å²) < 4.78 is 0. The second-order valence-electron chi connectivity index (χ2n) is 10.6. The molecule has 1 heterocycles. The zero-order valence-corrected chi connectivity index (χ0v) is 23.4. The van der Waals surface area contributed by atoms with Crippen molar-refractivity contribution in [3.63, 3.8) is 0 Å². The first kappa shape index (κ1) is 25.8. The summed E-state index contributed by atoms with van der Waals surface area (Å²) in [4.78, 5) is 2.65. The van der Waals surface area contributed by atoms with Crippen LogP contribution in [0.4, 0.5) is 0 Å². The van der Waals surface area contributed by atoms with Crippen molar-refractivity contribution < 1.29 is 0 Å². The molecule has 6 rings (SSSR count). The SMILES string of the molecule is CC1(C)c2ccccc2Sc2cc(-c3cccc(-c4cccc(C(=N)/C=C\C(=N)c5ccccc5)c4)c3)ccc21. The third kappa shape index (κ3) is 4.97. The van der Waals surface area contributed by atoms with Crippen LogP contribution in [0, 0.1) is 10.8 Å². The molecule has 0 saturated heterocycles. The molecule has 2 nitrogen and oxygen atoms in total. The van der Waals surface area contributed by atoms with Crippen LogP contribution in [-0.2, 0) is 5.41 Å². The second kappa shape index (κ2) is 10.6. The van der Waals surface area contributed by atoms with Crippen LogP contribution in [0.2, 0.25) is 0 Å². The zero-order chi connectivity index (χ0) is 27.7. The lowest BCUT2D eigenvalue weighted by Gasteiger charge is -2.34. The van der Waals surface area contributed by atoms with Crippen molar-refractivity contribution in [2.24, 2.45) is 0 Å². The molecule has 0 fully saturated rings. The van der Waals surface area contributed by atoms with E-state index in [1.165, 1.54) is 32.0 Å². The van der Waals surface area contributed by atoms with Gasteiger partial charge in [-0.25, -0.2) is 0 Å². The summed E-state index contributed by atoms with van der Waals surface area (Å²) in [5, 5.41) is 16.9. The Kier molecular flexibility index (Phi) is 6.83. The van der Waals surface area contributed by atoms with Gasteiger partial charge in [0.2, 0.25) is 0 Å². The Morgan fingerprint density at radius 1 is 0.525 bits per heavy atom. The van der Waals surface area contributed by atoms with Crippen LogP contribution in [0.25, 0.3) is 22.3 Å². The standard InChI is InChI=1S/C37H30N2S/c1-37(2)31-16-6-7-17-35(31)40-36-24-29(18-19-32(36)37)27-13-8-12-26(22-27)28-14-9-15-30(23-28)34(39)21-20-33(38)25-10-4-3-5-11-25/h3-24,38-39H,1-2H3/b21-20-,38-33?,39-34?. The first-order chi connectivity index (χ1) is 19.4. The van der Waals surface area contributed by atoms with Crippen LogP contribution in [-0.4, -0.2) is 11.4 Å². The summed E-state index contributed by atoms with van der Waals surface area (Å²) >= 11 is 1.86. The van der Waals surface area contributed by atoms with Crippen LogP contribution in [0.5, 0.6) is 0 Å². The van der Waals surface area contributed by atoms with Crippen molar-refractivity contribution in [1.82, 2.24) is 0 Å². The van der Waals surface area contributed by atoms with E-state index in [0.29, 0.717) is 11.4 Å². The smallest absolute Gasteiger partial charge is 0.0613 e. The molecule has 1 aliphatic heterocycles. The van der Waals surface area contributed by atoms with Gasteiger partial charge < -0.3 is 10.8 Å². The molecule has 194 valence electrons. The molecule has 3 heteroatoms. The first-order valence-corrected chi connectivity index (χ1v) is 14.3. The van der Waals surface area contributed by atoms with E-state index in [2.05, 4.69) is 92.7 Å². The molecule has 5 aromatic rings. The minimum absolute atomic E-state index is 0.0313. The predicted octanol–water partition coefficient (Wildman–Crippen LogP) is 9.80. The van der Waals surface area contributed by atoms with Crippen molar-refractivity contribution in [1.29, 1.82) is 10.8 Å². The fourth-order valence-electron chi connectivity index (χ4n) is 5.36. The average molecular weight is 535 g/mol. The summed E-state index contributed by atoms with van der Waals surface area (Å²) in [6.07, 6.45) is 3.40. The van der Waals surface area contributed by atoms with Crippen LogP contribution >= 0.6 is 11.8 Å². The number of hydrogen-bond donors (Lipinski definition) is 2. The third-order valence-electron chi connectivity index (χ3n) is 7.64. The molecule has 0 atom stereocenters. The Morgan fingerprint density at radius 3 is 1.82 bits per heavy atom. The van der Waals surface area contributed by atoms with E-state index in [9.17, 15) is 0 Å². The van der Waals surface area contributed by atoms with E-state index < -0.39 is 0 Å². The first-order valence-electron chi connectivity index (χ1n) is 13.4. The summed E-state index contributed by atoms with van der Waals surface area (Å²) in [6, 6.07) is 41.9. The minimum Gasteiger partial charge on any atom is -0.300 e. The Bertz CT molecular complexity index is 1780. The maximum atomic E-state index is 8.61. The second-order valence-corrected chi connectivity index (χ2v) is 11.7. The van der Waals surface area contributed by atoms with Gasteiger partial charge >= 0.3 is 0 Å². The number of fused-ring (bicyclic) bond motifs is 2. The molecule has 2 N–H and O–H groups in total. The summed E-state index contributed by atoms with van der Waals surface area (Å²) in [5.41, 5.74) is 9.73.